The number of aromatic nitrogens is 3. The van der Waals surface area contributed by atoms with E-state index in [4.69, 9.17) is 15.9 Å². The summed E-state index contributed by atoms with van der Waals surface area (Å²) in [7, 11) is 4.91. The van der Waals surface area contributed by atoms with Crippen LogP contribution >= 0.6 is 11.3 Å². The number of hydrogen-bond donors (Lipinski definition) is 0. The average molecular weight is 370 g/mol. The zero-order chi connectivity index (χ0) is 18.8. The van der Waals surface area contributed by atoms with Crippen molar-refractivity contribution in [1.82, 2.24) is 14.3 Å². The molecule has 2 aromatic heterocycles. The van der Waals surface area contributed by atoms with E-state index in [1.807, 2.05) is 19.1 Å². The van der Waals surface area contributed by atoms with Gasteiger partial charge in [-0.2, -0.15) is 10.1 Å². The van der Waals surface area contributed by atoms with Gasteiger partial charge in [0, 0.05) is 30.9 Å². The quantitative estimate of drug-likeness (QED) is 0.660. The Bertz CT molecular complexity index is 1100. The largest absolute Gasteiger partial charge is 0.493 e. The Labute approximate surface area is 154 Å². The molecule has 0 radical (unpaired) electrons. The molecule has 1 aromatic carbocycles. The molecule has 0 unspecified atom stereocenters. The van der Waals surface area contributed by atoms with E-state index in [2.05, 4.69) is 16.0 Å². The number of amides is 1. The van der Waals surface area contributed by atoms with Crippen molar-refractivity contribution in [3.05, 3.63) is 34.4 Å². The van der Waals surface area contributed by atoms with Crippen molar-refractivity contribution in [2.75, 3.05) is 14.2 Å². The smallest absolute Gasteiger partial charge is 0.300 e. The van der Waals surface area contributed by atoms with Gasteiger partial charge in [0.2, 0.25) is 0 Å². The van der Waals surface area contributed by atoms with E-state index < -0.39 is 5.91 Å². The second-order valence-electron chi connectivity index (χ2n) is 5.60. The summed E-state index contributed by atoms with van der Waals surface area (Å²) in [6.45, 7) is 2.11. The van der Waals surface area contributed by atoms with Crippen molar-refractivity contribution < 1.29 is 14.3 Å². The monoisotopic (exact) mass is 370 g/mol. The van der Waals surface area contributed by atoms with E-state index in [-0.39, 0.29) is 6.54 Å². The predicted molar refractivity (Wildman–Crippen MR) is 99.6 cm³/mol. The molecule has 0 aliphatic rings. The fourth-order valence-electron chi connectivity index (χ4n) is 2.68. The maximum atomic E-state index is 12.6. The Balaban J connectivity index is 2.21. The van der Waals surface area contributed by atoms with E-state index in [1.54, 1.807) is 36.7 Å². The van der Waals surface area contributed by atoms with Gasteiger partial charge in [-0.15, -0.1) is 6.42 Å². The first-order chi connectivity index (χ1) is 12.5. The molecule has 0 aliphatic carbocycles. The molecule has 0 N–H and O–H groups in total. The Morgan fingerprint density at radius 1 is 1.35 bits per heavy atom. The lowest BCUT2D eigenvalue weighted by molar-refractivity contribution is 0.0992. The number of carbonyl (C=O) groups excluding carboxylic acids is 1. The van der Waals surface area contributed by atoms with Crippen LogP contribution in [0, 0.1) is 19.3 Å². The number of terminal acetylenes is 1. The molecule has 26 heavy (non-hydrogen) atoms. The van der Waals surface area contributed by atoms with E-state index in [0.717, 1.165) is 15.8 Å². The summed E-state index contributed by atoms with van der Waals surface area (Å²) < 4.78 is 15.0. The number of rotatable bonds is 4. The maximum absolute atomic E-state index is 12.6. The minimum absolute atomic E-state index is 0.281. The van der Waals surface area contributed by atoms with Crippen LogP contribution in [0.25, 0.3) is 10.2 Å². The molecule has 0 fully saturated rings. The molecule has 0 atom stereocenters. The van der Waals surface area contributed by atoms with Crippen LogP contribution in [0.3, 0.4) is 0 Å². The normalized spacial score (nSPS) is 11.6. The number of carbonyl (C=O) groups is 1. The number of hydrogen-bond acceptors (Lipinski definition) is 5. The van der Waals surface area contributed by atoms with Crippen LogP contribution in [0.5, 0.6) is 11.5 Å². The number of ether oxygens (including phenoxy) is 2. The number of nitrogens with zero attached hydrogens (tertiary/aromatic N) is 4. The topological polar surface area (TPSA) is 70.6 Å². The van der Waals surface area contributed by atoms with Gasteiger partial charge >= 0.3 is 0 Å². The first-order valence-electron chi connectivity index (χ1n) is 7.76. The van der Waals surface area contributed by atoms with Crippen LogP contribution in [0.4, 0.5) is 0 Å². The lowest BCUT2D eigenvalue weighted by atomic mass is 10.3. The molecule has 0 aliphatic heterocycles. The highest BCUT2D eigenvalue weighted by atomic mass is 32.1. The lowest BCUT2D eigenvalue weighted by Gasteiger charge is -2.08. The van der Waals surface area contributed by atoms with E-state index >= 15 is 0 Å². The Kier molecular flexibility index (Phi) is 4.82. The van der Waals surface area contributed by atoms with Gasteiger partial charge < -0.3 is 14.0 Å². The molecule has 3 aromatic rings. The molecule has 2 heterocycles. The van der Waals surface area contributed by atoms with E-state index in [0.29, 0.717) is 22.0 Å². The van der Waals surface area contributed by atoms with Crippen molar-refractivity contribution in [2.45, 2.75) is 13.5 Å². The zero-order valence-electron chi connectivity index (χ0n) is 14.9. The summed E-state index contributed by atoms with van der Waals surface area (Å²) in [4.78, 5) is 17.3. The minimum Gasteiger partial charge on any atom is -0.493 e. The number of methoxy groups -OCH3 is 2. The second-order valence-corrected chi connectivity index (χ2v) is 6.61. The zero-order valence-corrected chi connectivity index (χ0v) is 15.8. The van der Waals surface area contributed by atoms with Crippen LogP contribution < -0.4 is 14.3 Å². The summed E-state index contributed by atoms with van der Waals surface area (Å²) in [6, 6.07) is 3.68. The molecular formula is C18H18N4O3S. The fourth-order valence-corrected chi connectivity index (χ4v) is 3.72. The van der Waals surface area contributed by atoms with Gasteiger partial charge in [0.05, 0.1) is 31.0 Å². The van der Waals surface area contributed by atoms with Gasteiger partial charge in [0.1, 0.15) is 0 Å². The lowest BCUT2D eigenvalue weighted by Crippen LogP contribution is -2.17. The van der Waals surface area contributed by atoms with Gasteiger partial charge in [0.15, 0.2) is 22.0 Å². The van der Waals surface area contributed by atoms with Crippen LogP contribution in [0.2, 0.25) is 0 Å². The van der Waals surface area contributed by atoms with Crippen molar-refractivity contribution >= 4 is 27.5 Å². The Morgan fingerprint density at radius 2 is 2.04 bits per heavy atom. The SMILES string of the molecule is C#CCn1c(=NC(=O)c2nn(C)cc2C)sc2cc(OC)c(OC)cc21. The number of benzene rings is 1. The van der Waals surface area contributed by atoms with Gasteiger partial charge in [-0.25, -0.2) is 0 Å². The maximum Gasteiger partial charge on any atom is 0.300 e. The van der Waals surface area contributed by atoms with Crippen LogP contribution in [0.15, 0.2) is 23.3 Å². The molecule has 0 saturated carbocycles. The molecule has 8 heteroatoms. The third kappa shape index (κ3) is 3.09. The number of aryl methyl sites for hydroxylation is 2. The first kappa shape index (κ1) is 17.8. The first-order valence-corrected chi connectivity index (χ1v) is 8.58. The summed E-state index contributed by atoms with van der Waals surface area (Å²) in [5.41, 5.74) is 1.93. The Morgan fingerprint density at radius 3 is 2.62 bits per heavy atom. The van der Waals surface area contributed by atoms with Crippen molar-refractivity contribution in [3.8, 4) is 23.8 Å². The molecule has 3 rings (SSSR count). The van der Waals surface area contributed by atoms with Crippen molar-refractivity contribution in [2.24, 2.45) is 12.0 Å². The van der Waals surface area contributed by atoms with E-state index in [9.17, 15) is 4.79 Å². The number of thiazole rings is 1. The standard InChI is InChI=1S/C18H18N4O3S/c1-6-7-22-12-8-13(24-4)14(25-5)9-15(12)26-18(22)19-17(23)16-11(2)10-21(3)20-16/h1,8-10H,7H2,2-5H3. The van der Waals surface area contributed by atoms with Gasteiger partial charge in [0.25, 0.3) is 5.91 Å². The van der Waals surface area contributed by atoms with E-state index in [1.165, 1.54) is 11.3 Å². The highest BCUT2D eigenvalue weighted by Crippen LogP contribution is 2.33. The van der Waals surface area contributed by atoms with Crippen LogP contribution in [0.1, 0.15) is 16.1 Å². The summed E-state index contributed by atoms with van der Waals surface area (Å²) >= 11 is 1.36. The molecular weight excluding hydrogens is 352 g/mol. The third-order valence-corrected chi connectivity index (χ3v) is 4.89. The van der Waals surface area contributed by atoms with Gasteiger partial charge in [-0.3, -0.25) is 9.48 Å². The predicted octanol–water partition coefficient (Wildman–Crippen LogP) is 2.14. The van der Waals surface area contributed by atoms with Gasteiger partial charge in [-0.05, 0) is 6.92 Å². The molecule has 0 bridgehead atoms. The van der Waals surface area contributed by atoms with Crippen molar-refractivity contribution in [3.63, 3.8) is 0 Å². The van der Waals surface area contributed by atoms with Gasteiger partial charge in [-0.1, -0.05) is 17.3 Å². The fraction of sp³-hybridized carbons (Fsp3) is 0.278. The van der Waals surface area contributed by atoms with Crippen LogP contribution in [-0.4, -0.2) is 34.5 Å². The Hall–Kier alpha value is -3.05. The summed E-state index contributed by atoms with van der Waals surface area (Å²) in [6.07, 6.45) is 7.29. The van der Waals surface area contributed by atoms with Crippen molar-refractivity contribution in [1.29, 1.82) is 0 Å². The average Bonchev–Trinajstić information content (AvgIpc) is 3.13. The second kappa shape index (κ2) is 7.06. The molecule has 134 valence electrons. The summed E-state index contributed by atoms with van der Waals surface area (Å²) in [5.74, 6) is 3.39. The molecule has 7 nitrogen and oxygen atoms in total. The molecule has 0 spiro atoms. The highest BCUT2D eigenvalue weighted by Gasteiger charge is 2.15. The highest BCUT2D eigenvalue weighted by molar-refractivity contribution is 7.16. The molecule has 1 amide bonds. The third-order valence-electron chi connectivity index (χ3n) is 3.85. The summed E-state index contributed by atoms with van der Waals surface area (Å²) in [5, 5.41) is 4.18. The molecule has 0 saturated heterocycles. The number of fused-ring (bicyclic) bond motifs is 1. The minimum atomic E-state index is -0.403. The van der Waals surface area contributed by atoms with Crippen LogP contribution in [-0.2, 0) is 13.6 Å².